The Hall–Kier alpha value is -1.35. The number of ether oxygens (including phenoxy) is 1. The molecule has 0 spiro atoms. The van der Waals surface area contributed by atoms with Gasteiger partial charge in [-0.25, -0.2) is 0 Å². The monoisotopic (exact) mass is 341 g/mol. The molecule has 0 aliphatic rings. The van der Waals surface area contributed by atoms with Crippen LogP contribution in [0.15, 0.2) is 49.1 Å². The number of anilines is 1. The molecule has 2 nitrogen and oxygen atoms in total. The van der Waals surface area contributed by atoms with Crippen molar-refractivity contribution >= 4 is 40.5 Å². The molecular weight excluding hydrogens is 329 g/mol. The Labute approximate surface area is 139 Å². The van der Waals surface area contributed by atoms with E-state index in [0.29, 0.717) is 34.0 Å². The highest BCUT2D eigenvalue weighted by Crippen LogP contribution is 2.34. The number of benzene rings is 2. The molecule has 2 aromatic rings. The zero-order valence-electron chi connectivity index (χ0n) is 11.2. The summed E-state index contributed by atoms with van der Waals surface area (Å²) in [7, 11) is 0. The van der Waals surface area contributed by atoms with Gasteiger partial charge in [0.25, 0.3) is 0 Å². The molecular formula is C16H14Cl3NO. The highest BCUT2D eigenvalue weighted by Gasteiger charge is 2.09. The third-order valence-electron chi connectivity index (χ3n) is 2.76. The lowest BCUT2D eigenvalue weighted by molar-refractivity contribution is 0.363. The molecule has 2 rings (SSSR count). The zero-order valence-corrected chi connectivity index (χ0v) is 13.5. The normalized spacial score (nSPS) is 10.2. The number of hydrogen-bond acceptors (Lipinski definition) is 2. The minimum Gasteiger partial charge on any atom is -0.486 e. The van der Waals surface area contributed by atoms with E-state index >= 15 is 0 Å². The maximum Gasteiger partial charge on any atom is 0.156 e. The minimum atomic E-state index is 0.358. The van der Waals surface area contributed by atoms with E-state index < -0.39 is 0 Å². The summed E-state index contributed by atoms with van der Waals surface area (Å²) in [5.41, 5.74) is 1.80. The topological polar surface area (TPSA) is 21.3 Å². The van der Waals surface area contributed by atoms with Crippen molar-refractivity contribution in [3.05, 3.63) is 69.7 Å². The van der Waals surface area contributed by atoms with Crippen LogP contribution in [0.1, 0.15) is 5.56 Å². The van der Waals surface area contributed by atoms with Crippen LogP contribution in [-0.2, 0) is 6.54 Å². The van der Waals surface area contributed by atoms with Crippen LogP contribution in [0.25, 0.3) is 0 Å². The van der Waals surface area contributed by atoms with Gasteiger partial charge in [0.15, 0.2) is 5.75 Å². The Morgan fingerprint density at radius 1 is 1.05 bits per heavy atom. The molecule has 0 saturated carbocycles. The zero-order chi connectivity index (χ0) is 15.2. The van der Waals surface area contributed by atoms with E-state index in [2.05, 4.69) is 11.9 Å². The molecule has 0 aliphatic carbocycles. The second kappa shape index (κ2) is 7.60. The van der Waals surface area contributed by atoms with Gasteiger partial charge >= 0.3 is 0 Å². The van der Waals surface area contributed by atoms with Crippen molar-refractivity contribution in [2.75, 3.05) is 11.9 Å². The van der Waals surface area contributed by atoms with E-state index in [-0.39, 0.29) is 0 Å². The van der Waals surface area contributed by atoms with Gasteiger partial charge in [-0.2, -0.15) is 0 Å². The summed E-state index contributed by atoms with van der Waals surface area (Å²) in [5.74, 6) is 0.472. The molecule has 2 aromatic carbocycles. The van der Waals surface area contributed by atoms with Gasteiger partial charge in [0.05, 0.1) is 20.8 Å². The first-order chi connectivity index (χ1) is 10.1. The molecule has 0 heterocycles. The van der Waals surface area contributed by atoms with Gasteiger partial charge in [0.1, 0.15) is 6.61 Å². The third kappa shape index (κ3) is 4.31. The van der Waals surface area contributed by atoms with E-state index in [9.17, 15) is 0 Å². The largest absolute Gasteiger partial charge is 0.486 e. The molecule has 5 heteroatoms. The van der Waals surface area contributed by atoms with Crippen molar-refractivity contribution in [1.29, 1.82) is 0 Å². The van der Waals surface area contributed by atoms with E-state index in [1.54, 1.807) is 6.08 Å². The molecule has 0 aromatic heterocycles. The van der Waals surface area contributed by atoms with Crippen LogP contribution in [0.5, 0.6) is 5.75 Å². The maximum atomic E-state index is 6.19. The SMILES string of the molecule is C=CCOc1c(Cl)cc(CNc2ccccc2Cl)cc1Cl. The number of rotatable bonds is 6. The minimum absolute atomic E-state index is 0.358. The summed E-state index contributed by atoms with van der Waals surface area (Å²) in [5, 5.41) is 4.85. The molecule has 0 saturated heterocycles. The van der Waals surface area contributed by atoms with Gasteiger partial charge in [0, 0.05) is 6.54 Å². The van der Waals surface area contributed by atoms with Gasteiger partial charge in [-0.15, -0.1) is 0 Å². The van der Waals surface area contributed by atoms with E-state index in [1.165, 1.54) is 0 Å². The second-order valence-electron chi connectivity index (χ2n) is 4.32. The fourth-order valence-corrected chi connectivity index (χ4v) is 2.64. The first-order valence-electron chi connectivity index (χ1n) is 6.32. The first kappa shape index (κ1) is 16.0. The van der Waals surface area contributed by atoms with Gasteiger partial charge in [0.2, 0.25) is 0 Å². The summed E-state index contributed by atoms with van der Waals surface area (Å²) in [6.07, 6.45) is 1.64. The molecule has 110 valence electrons. The Morgan fingerprint density at radius 3 is 2.33 bits per heavy atom. The number of para-hydroxylation sites is 1. The lowest BCUT2D eigenvalue weighted by Gasteiger charge is -2.12. The van der Waals surface area contributed by atoms with Crippen LogP contribution in [0, 0.1) is 0 Å². The maximum absolute atomic E-state index is 6.19. The van der Waals surface area contributed by atoms with E-state index in [1.807, 2.05) is 36.4 Å². The fourth-order valence-electron chi connectivity index (χ4n) is 1.80. The van der Waals surface area contributed by atoms with Gasteiger partial charge in [-0.05, 0) is 29.8 Å². The van der Waals surface area contributed by atoms with Crippen molar-refractivity contribution in [2.45, 2.75) is 6.54 Å². The highest BCUT2D eigenvalue weighted by molar-refractivity contribution is 6.37. The van der Waals surface area contributed by atoms with Crippen LogP contribution in [0.4, 0.5) is 5.69 Å². The molecule has 0 amide bonds. The number of hydrogen-bond donors (Lipinski definition) is 1. The molecule has 0 atom stereocenters. The van der Waals surface area contributed by atoms with Crippen molar-refractivity contribution < 1.29 is 4.74 Å². The summed E-state index contributed by atoms with van der Waals surface area (Å²) in [6.45, 7) is 4.51. The Balaban J connectivity index is 2.11. The van der Waals surface area contributed by atoms with Crippen molar-refractivity contribution in [3.8, 4) is 5.75 Å². The molecule has 0 unspecified atom stereocenters. The van der Waals surface area contributed by atoms with Crippen LogP contribution in [-0.4, -0.2) is 6.61 Å². The van der Waals surface area contributed by atoms with Gasteiger partial charge in [-0.1, -0.05) is 59.6 Å². The predicted octanol–water partition coefficient (Wildman–Crippen LogP) is 5.82. The van der Waals surface area contributed by atoms with Crippen LogP contribution < -0.4 is 10.1 Å². The molecule has 1 N–H and O–H groups in total. The average Bonchev–Trinajstić information content (AvgIpc) is 2.46. The standard InChI is InChI=1S/C16H14Cl3NO/c1-2-7-21-16-13(18)8-11(9-14(16)19)10-20-15-6-4-3-5-12(15)17/h2-6,8-9,20H,1,7,10H2. The first-order valence-corrected chi connectivity index (χ1v) is 7.45. The highest BCUT2D eigenvalue weighted by atomic mass is 35.5. The molecule has 0 fully saturated rings. The number of halogens is 3. The summed E-state index contributed by atoms with van der Waals surface area (Å²) in [4.78, 5) is 0. The molecule has 0 aliphatic heterocycles. The van der Waals surface area contributed by atoms with Crippen LogP contribution in [0.2, 0.25) is 15.1 Å². The lowest BCUT2D eigenvalue weighted by Crippen LogP contribution is -2.01. The molecule has 0 radical (unpaired) electrons. The molecule has 0 bridgehead atoms. The summed E-state index contributed by atoms with van der Waals surface area (Å²) in [6, 6.07) is 11.2. The van der Waals surface area contributed by atoms with Crippen molar-refractivity contribution in [3.63, 3.8) is 0 Å². The van der Waals surface area contributed by atoms with Crippen LogP contribution >= 0.6 is 34.8 Å². The Kier molecular flexibility index (Phi) is 5.80. The quantitative estimate of drug-likeness (QED) is 0.667. The third-order valence-corrected chi connectivity index (χ3v) is 3.65. The fraction of sp³-hybridized carbons (Fsp3) is 0.125. The Morgan fingerprint density at radius 2 is 1.71 bits per heavy atom. The summed E-state index contributed by atoms with van der Waals surface area (Å²) < 4.78 is 5.43. The van der Waals surface area contributed by atoms with Gasteiger partial charge < -0.3 is 10.1 Å². The Bertz CT molecular complexity index is 620. The number of nitrogens with one attached hydrogen (secondary N) is 1. The van der Waals surface area contributed by atoms with Gasteiger partial charge in [-0.3, -0.25) is 0 Å². The van der Waals surface area contributed by atoms with Crippen LogP contribution in [0.3, 0.4) is 0 Å². The van der Waals surface area contributed by atoms with E-state index in [4.69, 9.17) is 39.5 Å². The van der Waals surface area contributed by atoms with E-state index in [0.717, 1.165) is 11.3 Å². The average molecular weight is 343 g/mol. The molecule has 21 heavy (non-hydrogen) atoms. The summed E-state index contributed by atoms with van der Waals surface area (Å²) >= 11 is 18.5. The second-order valence-corrected chi connectivity index (χ2v) is 5.54. The smallest absolute Gasteiger partial charge is 0.156 e. The predicted molar refractivity (Wildman–Crippen MR) is 90.9 cm³/mol. The van der Waals surface area contributed by atoms with Crippen molar-refractivity contribution in [1.82, 2.24) is 0 Å². The lowest BCUT2D eigenvalue weighted by atomic mass is 10.2. The van der Waals surface area contributed by atoms with Crippen molar-refractivity contribution in [2.24, 2.45) is 0 Å².